The Labute approximate surface area is 205 Å². The lowest BCUT2D eigenvalue weighted by Crippen LogP contribution is -2.48. The molecular formula is C24H37FN2O8. The monoisotopic (exact) mass is 499 g/mol. The molecule has 0 aliphatic carbocycles. The van der Waals surface area contributed by atoms with E-state index in [0.29, 0.717) is 22.8 Å². The zero-order valence-electron chi connectivity index (χ0n) is 21.9. The first-order valence-electron chi connectivity index (χ1n) is 11.0. The van der Waals surface area contributed by atoms with Gasteiger partial charge in [0.2, 0.25) is 0 Å². The van der Waals surface area contributed by atoms with E-state index in [9.17, 15) is 18.8 Å². The van der Waals surface area contributed by atoms with Crippen molar-refractivity contribution in [3.63, 3.8) is 0 Å². The number of nitrogens with one attached hydrogen (secondary N) is 2. The number of ether oxygens (including phenoxy) is 5. The molecule has 0 unspecified atom stereocenters. The van der Waals surface area contributed by atoms with Gasteiger partial charge in [-0.3, -0.25) is 4.79 Å². The van der Waals surface area contributed by atoms with Gasteiger partial charge in [0.15, 0.2) is 6.17 Å². The second-order valence-corrected chi connectivity index (χ2v) is 9.66. The molecule has 0 aliphatic heterocycles. The van der Waals surface area contributed by atoms with Gasteiger partial charge >= 0.3 is 12.1 Å². The molecule has 0 radical (unpaired) electrons. The molecule has 11 heteroatoms. The molecule has 0 aromatic heterocycles. The molecule has 0 bridgehead atoms. The van der Waals surface area contributed by atoms with E-state index in [2.05, 4.69) is 10.6 Å². The van der Waals surface area contributed by atoms with Crippen LogP contribution in [-0.4, -0.2) is 62.7 Å². The van der Waals surface area contributed by atoms with E-state index >= 15 is 0 Å². The summed E-state index contributed by atoms with van der Waals surface area (Å²) in [5, 5.41) is 4.75. The van der Waals surface area contributed by atoms with E-state index in [1.165, 1.54) is 21.3 Å². The SMILES string of the molecule is COc1cc(OC)c(CNC(=O)[C@H]([18F])C[C@@H](NC(=O)OC(C)(C)C)C(=O)OC(C)(C)C)c(OC)c1. The summed E-state index contributed by atoms with van der Waals surface area (Å²) >= 11 is 0. The minimum Gasteiger partial charge on any atom is -0.496 e. The summed E-state index contributed by atoms with van der Waals surface area (Å²) in [5.41, 5.74) is -1.27. The Bertz CT molecular complexity index is 867. The molecule has 35 heavy (non-hydrogen) atoms. The van der Waals surface area contributed by atoms with Crippen LogP contribution in [-0.2, 0) is 25.6 Å². The van der Waals surface area contributed by atoms with Gasteiger partial charge in [-0.25, -0.2) is 14.0 Å². The van der Waals surface area contributed by atoms with Crippen LogP contribution in [0.25, 0.3) is 0 Å². The molecule has 2 N–H and O–H groups in total. The van der Waals surface area contributed by atoms with Crippen molar-refractivity contribution in [2.75, 3.05) is 21.3 Å². The first-order chi connectivity index (χ1) is 16.1. The number of rotatable bonds is 10. The van der Waals surface area contributed by atoms with E-state index in [1.807, 2.05) is 0 Å². The summed E-state index contributed by atoms with van der Waals surface area (Å²) in [6.07, 6.45) is -3.73. The number of hydrogen-bond acceptors (Lipinski definition) is 8. The van der Waals surface area contributed by atoms with E-state index in [0.717, 1.165) is 0 Å². The Balaban J connectivity index is 2.97. The van der Waals surface area contributed by atoms with Crippen LogP contribution in [0, 0.1) is 0 Å². The van der Waals surface area contributed by atoms with Crippen LogP contribution in [0.3, 0.4) is 0 Å². The first-order valence-corrected chi connectivity index (χ1v) is 11.0. The molecule has 198 valence electrons. The van der Waals surface area contributed by atoms with Gasteiger partial charge in [0.05, 0.1) is 33.4 Å². The van der Waals surface area contributed by atoms with Gasteiger partial charge < -0.3 is 34.3 Å². The van der Waals surface area contributed by atoms with Crippen LogP contribution in [0.15, 0.2) is 12.1 Å². The van der Waals surface area contributed by atoms with Crippen molar-refractivity contribution in [2.45, 2.75) is 77.9 Å². The third-order valence-electron chi connectivity index (χ3n) is 4.37. The van der Waals surface area contributed by atoms with Crippen LogP contribution < -0.4 is 24.8 Å². The van der Waals surface area contributed by atoms with Crippen molar-refractivity contribution in [3.05, 3.63) is 17.7 Å². The average molecular weight is 500 g/mol. The quantitative estimate of drug-likeness (QED) is 0.471. The molecule has 0 fully saturated rings. The summed E-state index contributed by atoms with van der Waals surface area (Å²) in [4.78, 5) is 37.3. The van der Waals surface area contributed by atoms with Gasteiger partial charge in [-0.2, -0.15) is 0 Å². The maximum Gasteiger partial charge on any atom is 0.408 e. The smallest absolute Gasteiger partial charge is 0.408 e. The minimum atomic E-state index is -2.14. The molecular weight excluding hydrogens is 462 g/mol. The van der Waals surface area contributed by atoms with Crippen molar-refractivity contribution in [1.82, 2.24) is 10.6 Å². The molecule has 1 aromatic rings. The summed E-state index contributed by atoms with van der Waals surface area (Å²) in [6, 6.07) is 1.75. The van der Waals surface area contributed by atoms with Crippen LogP contribution in [0.5, 0.6) is 17.2 Å². The largest absolute Gasteiger partial charge is 0.496 e. The molecule has 2 atom stereocenters. The number of alkyl halides is 1. The fraction of sp³-hybridized carbons (Fsp3) is 0.625. The lowest BCUT2D eigenvalue weighted by atomic mass is 10.1. The van der Waals surface area contributed by atoms with Crippen molar-refractivity contribution >= 4 is 18.0 Å². The zero-order valence-corrected chi connectivity index (χ0v) is 21.9. The van der Waals surface area contributed by atoms with Gasteiger partial charge in [-0.1, -0.05) is 0 Å². The van der Waals surface area contributed by atoms with Gasteiger partial charge in [0.1, 0.15) is 34.5 Å². The van der Waals surface area contributed by atoms with Gasteiger partial charge in [0, 0.05) is 18.6 Å². The van der Waals surface area contributed by atoms with Crippen LogP contribution in [0.1, 0.15) is 53.5 Å². The minimum absolute atomic E-state index is 0.119. The van der Waals surface area contributed by atoms with Crippen molar-refractivity contribution < 1.29 is 42.5 Å². The fourth-order valence-electron chi connectivity index (χ4n) is 2.89. The standard InChI is InChI=1S/C24H37FN2O8/c1-23(2,3)34-21(29)17(27-22(30)35-24(4,5)6)12-16(25)20(28)26-13-15-18(32-8)10-14(31-7)11-19(15)33-9/h10-11,16-17H,12-13H2,1-9H3,(H,26,28)(H,27,30)/t16-,17-/m1/s1/i25-1. The Morgan fingerprint density at radius 1 is 0.886 bits per heavy atom. The second kappa shape index (κ2) is 12.5. The summed E-state index contributed by atoms with van der Waals surface area (Å²) < 4.78 is 41.2. The maximum absolute atomic E-state index is 14.9. The third kappa shape index (κ3) is 10.3. The summed E-state index contributed by atoms with van der Waals surface area (Å²) in [5.74, 6) is -0.669. The number of carbonyl (C=O) groups excluding carboxylic acids is 3. The highest BCUT2D eigenvalue weighted by atomic mass is 18.2. The molecule has 0 saturated heterocycles. The molecule has 2 amide bonds. The molecule has 0 aliphatic rings. The van der Waals surface area contributed by atoms with Crippen LogP contribution >= 0.6 is 0 Å². The highest BCUT2D eigenvalue weighted by molar-refractivity contribution is 5.85. The Morgan fingerprint density at radius 2 is 1.40 bits per heavy atom. The van der Waals surface area contributed by atoms with Gasteiger partial charge in [-0.15, -0.1) is 0 Å². The first kappa shape index (κ1) is 29.8. The lowest BCUT2D eigenvalue weighted by molar-refractivity contribution is -0.158. The maximum atomic E-state index is 14.9. The average Bonchev–Trinajstić information content (AvgIpc) is 2.73. The Morgan fingerprint density at radius 3 is 1.83 bits per heavy atom. The Hall–Kier alpha value is -3.24. The normalized spacial score (nSPS) is 13.2. The molecule has 1 aromatic carbocycles. The number of esters is 1. The lowest BCUT2D eigenvalue weighted by Gasteiger charge is -2.26. The number of methoxy groups -OCH3 is 3. The van der Waals surface area contributed by atoms with E-state index in [-0.39, 0.29) is 6.54 Å². The Kier molecular flexibility index (Phi) is 10.6. The van der Waals surface area contributed by atoms with Crippen molar-refractivity contribution in [2.24, 2.45) is 0 Å². The van der Waals surface area contributed by atoms with Crippen molar-refractivity contribution in [1.29, 1.82) is 0 Å². The zero-order chi connectivity index (χ0) is 27.0. The number of carbonyl (C=O) groups is 3. The molecule has 0 heterocycles. The summed E-state index contributed by atoms with van der Waals surface area (Å²) in [7, 11) is 4.35. The molecule has 0 saturated carbocycles. The number of alkyl carbamates (subject to hydrolysis) is 1. The molecule has 1 rings (SSSR count). The summed E-state index contributed by atoms with van der Waals surface area (Å²) in [6.45, 7) is 9.69. The van der Waals surface area contributed by atoms with E-state index < -0.39 is 47.8 Å². The topological polar surface area (TPSA) is 121 Å². The number of hydrogen-bond donors (Lipinski definition) is 2. The third-order valence-corrected chi connectivity index (χ3v) is 4.37. The van der Waals surface area contributed by atoms with E-state index in [1.54, 1.807) is 53.7 Å². The van der Waals surface area contributed by atoms with Crippen LogP contribution in [0.4, 0.5) is 9.18 Å². The number of amides is 2. The van der Waals surface area contributed by atoms with Crippen LogP contribution in [0.2, 0.25) is 0 Å². The van der Waals surface area contributed by atoms with Gasteiger partial charge in [0.25, 0.3) is 5.91 Å². The second-order valence-electron chi connectivity index (χ2n) is 9.66. The van der Waals surface area contributed by atoms with E-state index in [4.69, 9.17) is 23.7 Å². The fourth-order valence-corrected chi connectivity index (χ4v) is 2.89. The highest BCUT2D eigenvalue weighted by Crippen LogP contribution is 2.34. The number of halogens is 1. The predicted molar refractivity (Wildman–Crippen MR) is 126 cm³/mol. The molecule has 10 nitrogen and oxygen atoms in total. The predicted octanol–water partition coefficient (Wildman–Crippen LogP) is 3.29. The number of benzene rings is 1. The van der Waals surface area contributed by atoms with Gasteiger partial charge in [-0.05, 0) is 41.5 Å². The van der Waals surface area contributed by atoms with Crippen molar-refractivity contribution in [3.8, 4) is 17.2 Å². The highest BCUT2D eigenvalue weighted by Gasteiger charge is 2.33. The molecule has 0 spiro atoms.